The van der Waals surface area contributed by atoms with Gasteiger partial charge in [0.05, 0.1) is 11.6 Å². The van der Waals surface area contributed by atoms with Crippen molar-refractivity contribution in [3.63, 3.8) is 0 Å². The number of carbonyl (C=O) groups excluding carboxylic acids is 3. The molecule has 136 valence electrons. The van der Waals surface area contributed by atoms with E-state index in [1.807, 2.05) is 42.6 Å². The topological polar surface area (TPSA) is 91.4 Å². The van der Waals surface area contributed by atoms with Gasteiger partial charge in [-0.3, -0.25) is 14.4 Å². The molecule has 8 heteroatoms. The number of rotatable bonds is 6. The minimum atomic E-state index is -0.396. The molecule has 1 aromatic heterocycles. The molecule has 0 unspecified atom stereocenters. The number of hydrogen-bond donors (Lipinski definition) is 2. The smallest absolute Gasteiger partial charge is 0.227 e. The van der Waals surface area contributed by atoms with Crippen LogP contribution in [-0.2, 0) is 14.4 Å². The van der Waals surface area contributed by atoms with Gasteiger partial charge in [-0.05, 0) is 19.1 Å². The third-order valence-electron chi connectivity index (χ3n) is 4.08. The van der Waals surface area contributed by atoms with E-state index in [-0.39, 0.29) is 37.1 Å². The second kappa shape index (κ2) is 8.09. The van der Waals surface area contributed by atoms with Crippen molar-refractivity contribution in [1.82, 2.24) is 10.3 Å². The maximum absolute atomic E-state index is 12.3. The third kappa shape index (κ3) is 4.45. The second-order valence-corrected chi connectivity index (χ2v) is 6.98. The first-order valence-corrected chi connectivity index (χ1v) is 9.26. The number of nitrogens with zero attached hydrogens (tertiary/aromatic N) is 2. The normalized spacial score (nSPS) is 16.6. The Balaban J connectivity index is 1.44. The van der Waals surface area contributed by atoms with Crippen molar-refractivity contribution in [3.8, 4) is 0 Å². The van der Waals surface area contributed by atoms with Gasteiger partial charge in [-0.2, -0.15) is 0 Å². The van der Waals surface area contributed by atoms with Gasteiger partial charge in [0.1, 0.15) is 0 Å². The number of amides is 3. The summed E-state index contributed by atoms with van der Waals surface area (Å²) in [7, 11) is 0. The van der Waals surface area contributed by atoms with Crippen LogP contribution < -0.4 is 15.5 Å². The first-order chi connectivity index (χ1) is 12.5. The van der Waals surface area contributed by atoms with Crippen molar-refractivity contribution in [2.24, 2.45) is 5.92 Å². The van der Waals surface area contributed by atoms with Gasteiger partial charge >= 0.3 is 0 Å². The van der Waals surface area contributed by atoms with Gasteiger partial charge in [0.15, 0.2) is 5.13 Å². The Morgan fingerprint density at radius 1 is 1.31 bits per heavy atom. The molecule has 3 rings (SSSR count). The molecular formula is C18H20N4O3S. The monoisotopic (exact) mass is 372 g/mol. The van der Waals surface area contributed by atoms with Gasteiger partial charge in [0.25, 0.3) is 0 Å². The summed E-state index contributed by atoms with van der Waals surface area (Å²) < 4.78 is 0. The van der Waals surface area contributed by atoms with E-state index in [9.17, 15) is 14.4 Å². The zero-order chi connectivity index (χ0) is 18.5. The van der Waals surface area contributed by atoms with Crippen molar-refractivity contribution in [3.05, 3.63) is 41.4 Å². The van der Waals surface area contributed by atoms with Crippen LogP contribution in [0.15, 0.2) is 35.7 Å². The Morgan fingerprint density at radius 3 is 2.77 bits per heavy atom. The average molecular weight is 372 g/mol. The van der Waals surface area contributed by atoms with Gasteiger partial charge in [0.2, 0.25) is 17.7 Å². The van der Waals surface area contributed by atoms with E-state index in [2.05, 4.69) is 15.6 Å². The highest BCUT2D eigenvalue weighted by atomic mass is 32.1. The van der Waals surface area contributed by atoms with Crippen LogP contribution in [0.3, 0.4) is 0 Å². The first-order valence-electron chi connectivity index (χ1n) is 8.38. The van der Waals surface area contributed by atoms with Gasteiger partial charge < -0.3 is 15.5 Å². The molecule has 1 atom stereocenters. The number of hydrogen-bond acceptors (Lipinski definition) is 5. The van der Waals surface area contributed by atoms with Gasteiger partial charge in [-0.25, -0.2) is 4.98 Å². The van der Waals surface area contributed by atoms with Gasteiger partial charge in [-0.15, -0.1) is 11.3 Å². The summed E-state index contributed by atoms with van der Waals surface area (Å²) in [6.45, 7) is 2.44. The summed E-state index contributed by atoms with van der Waals surface area (Å²) in [6, 6.07) is 9.30. The number of para-hydroxylation sites is 1. The van der Waals surface area contributed by atoms with Crippen molar-refractivity contribution in [1.29, 1.82) is 0 Å². The molecule has 26 heavy (non-hydrogen) atoms. The lowest BCUT2D eigenvalue weighted by molar-refractivity contribution is -0.126. The number of carbonyl (C=O) groups is 3. The quantitative estimate of drug-likeness (QED) is 0.811. The number of benzene rings is 1. The Labute approximate surface area is 155 Å². The standard InChI is InChI=1S/C18H20N4O3S/c1-12-11-26-18(20-12)21-15(23)7-8-19-17(25)13-9-16(24)22(10-13)14-5-3-2-4-6-14/h2-6,11,13H,7-10H2,1H3,(H,19,25)(H,20,21,23)/t13-/m1/s1. The Bertz CT molecular complexity index is 806. The lowest BCUT2D eigenvalue weighted by atomic mass is 10.1. The molecule has 1 fully saturated rings. The molecule has 7 nitrogen and oxygen atoms in total. The number of aromatic nitrogens is 1. The molecule has 2 aromatic rings. The molecule has 1 aromatic carbocycles. The van der Waals surface area contributed by atoms with Crippen molar-refractivity contribution < 1.29 is 14.4 Å². The van der Waals surface area contributed by atoms with Gasteiger partial charge in [0, 0.05) is 37.0 Å². The largest absolute Gasteiger partial charge is 0.355 e. The molecule has 1 aliphatic rings. The molecule has 2 heterocycles. The predicted molar refractivity (Wildman–Crippen MR) is 100 cm³/mol. The number of nitrogens with one attached hydrogen (secondary N) is 2. The average Bonchev–Trinajstić information content (AvgIpc) is 3.21. The fourth-order valence-electron chi connectivity index (χ4n) is 2.78. The van der Waals surface area contributed by atoms with Crippen molar-refractivity contribution in [2.75, 3.05) is 23.3 Å². The molecule has 0 spiro atoms. The Morgan fingerprint density at radius 2 is 2.08 bits per heavy atom. The minimum Gasteiger partial charge on any atom is -0.355 e. The second-order valence-electron chi connectivity index (χ2n) is 6.12. The van der Waals surface area contributed by atoms with Crippen LogP contribution in [0.4, 0.5) is 10.8 Å². The molecule has 0 saturated carbocycles. The Kier molecular flexibility index (Phi) is 5.62. The molecule has 2 N–H and O–H groups in total. The molecule has 3 amide bonds. The van der Waals surface area contributed by atoms with E-state index < -0.39 is 5.92 Å². The molecule has 0 aliphatic carbocycles. The van der Waals surface area contributed by atoms with E-state index in [1.54, 1.807) is 4.90 Å². The SMILES string of the molecule is Cc1csc(NC(=O)CCNC(=O)[C@@H]2CC(=O)N(c3ccccc3)C2)n1. The summed E-state index contributed by atoms with van der Waals surface area (Å²) in [5, 5.41) is 7.85. The van der Waals surface area contributed by atoms with E-state index in [4.69, 9.17) is 0 Å². The van der Waals surface area contributed by atoms with Crippen LogP contribution >= 0.6 is 11.3 Å². The molecule has 1 saturated heterocycles. The van der Waals surface area contributed by atoms with E-state index >= 15 is 0 Å². The zero-order valence-electron chi connectivity index (χ0n) is 14.4. The van der Waals surface area contributed by atoms with Crippen LogP contribution in [0.2, 0.25) is 0 Å². The maximum atomic E-state index is 12.3. The van der Waals surface area contributed by atoms with Gasteiger partial charge in [-0.1, -0.05) is 18.2 Å². The highest BCUT2D eigenvalue weighted by molar-refractivity contribution is 7.13. The third-order valence-corrected chi connectivity index (χ3v) is 4.96. The minimum absolute atomic E-state index is 0.0618. The molecule has 0 bridgehead atoms. The Hall–Kier alpha value is -2.74. The number of aryl methyl sites for hydroxylation is 1. The van der Waals surface area contributed by atoms with Crippen molar-refractivity contribution in [2.45, 2.75) is 19.8 Å². The molecular weight excluding hydrogens is 352 g/mol. The van der Waals surface area contributed by atoms with Crippen LogP contribution in [0.1, 0.15) is 18.5 Å². The molecule has 1 aliphatic heterocycles. The van der Waals surface area contributed by atoms with Crippen LogP contribution in [0, 0.1) is 12.8 Å². The lowest BCUT2D eigenvalue weighted by Crippen LogP contribution is -2.34. The number of thiazole rings is 1. The van der Waals surface area contributed by atoms with E-state index in [0.717, 1.165) is 11.4 Å². The van der Waals surface area contributed by atoms with Crippen LogP contribution in [0.5, 0.6) is 0 Å². The fourth-order valence-corrected chi connectivity index (χ4v) is 3.48. The lowest BCUT2D eigenvalue weighted by Gasteiger charge is -2.16. The summed E-state index contributed by atoms with van der Waals surface area (Å²) in [6.07, 6.45) is 0.346. The zero-order valence-corrected chi connectivity index (χ0v) is 15.2. The maximum Gasteiger partial charge on any atom is 0.227 e. The van der Waals surface area contributed by atoms with Crippen molar-refractivity contribution >= 4 is 39.9 Å². The fraction of sp³-hybridized carbons (Fsp3) is 0.333. The summed E-state index contributed by atoms with van der Waals surface area (Å²) in [5.74, 6) is -0.858. The predicted octanol–water partition coefficient (Wildman–Crippen LogP) is 1.95. The summed E-state index contributed by atoms with van der Waals surface area (Å²) in [5.41, 5.74) is 1.65. The number of anilines is 2. The van der Waals surface area contributed by atoms with Crippen LogP contribution in [0.25, 0.3) is 0 Å². The summed E-state index contributed by atoms with van der Waals surface area (Å²) in [4.78, 5) is 42.1. The van der Waals surface area contributed by atoms with Crippen LogP contribution in [-0.4, -0.2) is 35.8 Å². The highest BCUT2D eigenvalue weighted by Gasteiger charge is 2.34. The van der Waals surface area contributed by atoms with E-state index in [1.165, 1.54) is 11.3 Å². The summed E-state index contributed by atoms with van der Waals surface area (Å²) >= 11 is 1.36. The molecule has 0 radical (unpaired) electrons. The highest BCUT2D eigenvalue weighted by Crippen LogP contribution is 2.24. The first kappa shape index (κ1) is 18.1. The van der Waals surface area contributed by atoms with E-state index in [0.29, 0.717) is 11.7 Å².